The standard InChI is InChI=1S/C14H11BO4/c16-9-11-5-7-13(8-6-11)19-15(18)14-4-2-1-3-12(14)10-17/h1-10,18H. The third kappa shape index (κ3) is 3.08. The van der Waals surface area contributed by atoms with Crippen LogP contribution in [0.25, 0.3) is 0 Å². The molecule has 0 atom stereocenters. The van der Waals surface area contributed by atoms with Crippen LogP contribution in [0.15, 0.2) is 48.5 Å². The SMILES string of the molecule is O=Cc1ccc(OB(O)c2ccccc2C=O)cc1. The average molecular weight is 254 g/mol. The van der Waals surface area contributed by atoms with Crippen LogP contribution >= 0.6 is 0 Å². The average Bonchev–Trinajstić information content (AvgIpc) is 2.48. The number of benzene rings is 2. The van der Waals surface area contributed by atoms with Crippen LogP contribution in [0.1, 0.15) is 20.7 Å². The van der Waals surface area contributed by atoms with E-state index in [0.717, 1.165) is 6.29 Å². The normalized spacial score (nSPS) is 9.74. The van der Waals surface area contributed by atoms with Crippen molar-refractivity contribution < 1.29 is 19.3 Å². The topological polar surface area (TPSA) is 63.6 Å². The first kappa shape index (κ1) is 13.0. The van der Waals surface area contributed by atoms with Crippen LogP contribution in [0, 0.1) is 0 Å². The summed E-state index contributed by atoms with van der Waals surface area (Å²) in [7, 11) is -1.23. The van der Waals surface area contributed by atoms with Gasteiger partial charge in [-0.15, -0.1) is 0 Å². The van der Waals surface area contributed by atoms with E-state index >= 15 is 0 Å². The summed E-state index contributed by atoms with van der Waals surface area (Å²) < 4.78 is 5.32. The summed E-state index contributed by atoms with van der Waals surface area (Å²) in [6.45, 7) is 0. The van der Waals surface area contributed by atoms with Gasteiger partial charge < -0.3 is 9.68 Å². The molecule has 0 radical (unpaired) electrons. The fraction of sp³-hybridized carbons (Fsp3) is 0. The summed E-state index contributed by atoms with van der Waals surface area (Å²) in [5.74, 6) is 0.416. The van der Waals surface area contributed by atoms with Gasteiger partial charge in [-0.25, -0.2) is 0 Å². The first-order valence-electron chi connectivity index (χ1n) is 5.68. The molecular formula is C14H11BO4. The minimum absolute atomic E-state index is 0.375. The lowest BCUT2D eigenvalue weighted by atomic mass is 9.76. The molecule has 4 nitrogen and oxygen atoms in total. The molecule has 0 fully saturated rings. The maximum absolute atomic E-state index is 10.9. The summed E-state index contributed by atoms with van der Waals surface area (Å²) in [5.41, 5.74) is 1.30. The minimum Gasteiger partial charge on any atom is -0.532 e. The van der Waals surface area contributed by atoms with Crippen LogP contribution in [-0.2, 0) is 0 Å². The van der Waals surface area contributed by atoms with E-state index in [2.05, 4.69) is 0 Å². The monoisotopic (exact) mass is 254 g/mol. The third-order valence-electron chi connectivity index (χ3n) is 2.65. The van der Waals surface area contributed by atoms with Gasteiger partial charge in [-0.1, -0.05) is 24.3 Å². The smallest absolute Gasteiger partial charge is 0.532 e. The molecule has 2 rings (SSSR count). The highest BCUT2D eigenvalue weighted by Gasteiger charge is 2.21. The van der Waals surface area contributed by atoms with Crippen molar-refractivity contribution in [2.24, 2.45) is 0 Å². The van der Waals surface area contributed by atoms with E-state index in [9.17, 15) is 14.6 Å². The number of hydrogen-bond acceptors (Lipinski definition) is 4. The van der Waals surface area contributed by atoms with Gasteiger partial charge in [-0.3, -0.25) is 9.59 Å². The van der Waals surface area contributed by atoms with E-state index in [0.29, 0.717) is 28.6 Å². The second-order valence-electron chi connectivity index (χ2n) is 3.90. The molecular weight excluding hydrogens is 243 g/mol. The van der Waals surface area contributed by atoms with Crippen molar-refractivity contribution in [2.45, 2.75) is 0 Å². The lowest BCUT2D eigenvalue weighted by molar-refractivity contribution is 0.111. The first-order valence-corrected chi connectivity index (χ1v) is 5.68. The van der Waals surface area contributed by atoms with Crippen molar-refractivity contribution in [2.75, 3.05) is 0 Å². The van der Waals surface area contributed by atoms with Gasteiger partial charge in [0.25, 0.3) is 0 Å². The molecule has 94 valence electrons. The van der Waals surface area contributed by atoms with Crippen molar-refractivity contribution >= 4 is 25.2 Å². The van der Waals surface area contributed by atoms with E-state index in [-0.39, 0.29) is 0 Å². The van der Waals surface area contributed by atoms with Gasteiger partial charge in [0.15, 0.2) is 0 Å². The lowest BCUT2D eigenvalue weighted by Crippen LogP contribution is -2.38. The highest BCUT2D eigenvalue weighted by Crippen LogP contribution is 2.12. The summed E-state index contributed by atoms with van der Waals surface area (Å²) in [5, 5.41) is 9.96. The third-order valence-corrected chi connectivity index (χ3v) is 2.65. The molecule has 0 heterocycles. The molecule has 0 aliphatic carbocycles. The molecule has 0 saturated carbocycles. The molecule has 2 aromatic carbocycles. The van der Waals surface area contributed by atoms with Gasteiger partial charge in [0.2, 0.25) is 0 Å². The largest absolute Gasteiger partial charge is 0.560 e. The van der Waals surface area contributed by atoms with Gasteiger partial charge in [-0.2, -0.15) is 0 Å². The number of carbonyl (C=O) groups excluding carboxylic acids is 2. The van der Waals surface area contributed by atoms with E-state index in [1.807, 2.05) is 0 Å². The molecule has 0 saturated heterocycles. The fourth-order valence-corrected chi connectivity index (χ4v) is 1.66. The van der Waals surface area contributed by atoms with Crippen molar-refractivity contribution in [1.82, 2.24) is 0 Å². The van der Waals surface area contributed by atoms with Gasteiger partial charge in [-0.05, 0) is 24.3 Å². The molecule has 0 bridgehead atoms. The van der Waals surface area contributed by atoms with Crippen LogP contribution in [0.4, 0.5) is 0 Å². The van der Waals surface area contributed by atoms with Crippen molar-refractivity contribution in [3.63, 3.8) is 0 Å². The molecule has 0 aliphatic heterocycles. The Morgan fingerprint density at radius 2 is 1.63 bits per heavy atom. The van der Waals surface area contributed by atoms with E-state index in [4.69, 9.17) is 4.65 Å². The maximum atomic E-state index is 10.9. The Labute approximate surface area is 110 Å². The van der Waals surface area contributed by atoms with Gasteiger partial charge in [0.1, 0.15) is 18.3 Å². The number of aldehydes is 2. The molecule has 0 spiro atoms. The summed E-state index contributed by atoms with van der Waals surface area (Å²) in [6.07, 6.45) is 1.39. The Balaban J connectivity index is 2.17. The van der Waals surface area contributed by atoms with Crippen molar-refractivity contribution in [3.05, 3.63) is 59.7 Å². The van der Waals surface area contributed by atoms with E-state index in [1.165, 1.54) is 0 Å². The molecule has 5 heteroatoms. The quantitative estimate of drug-likeness (QED) is 0.640. The summed E-state index contributed by atoms with van der Waals surface area (Å²) in [6, 6.07) is 13.0. The van der Waals surface area contributed by atoms with Crippen LogP contribution in [0.5, 0.6) is 5.75 Å². The molecule has 2 aromatic rings. The van der Waals surface area contributed by atoms with Crippen molar-refractivity contribution in [3.8, 4) is 5.75 Å². The zero-order valence-corrected chi connectivity index (χ0v) is 10.0. The summed E-state index contributed by atoms with van der Waals surface area (Å²) in [4.78, 5) is 21.4. The number of carbonyl (C=O) groups is 2. The zero-order chi connectivity index (χ0) is 13.7. The van der Waals surface area contributed by atoms with Crippen LogP contribution in [0.2, 0.25) is 0 Å². The summed E-state index contributed by atoms with van der Waals surface area (Å²) >= 11 is 0. The molecule has 1 N–H and O–H groups in total. The maximum Gasteiger partial charge on any atom is 0.560 e. The predicted molar refractivity (Wildman–Crippen MR) is 71.9 cm³/mol. The Morgan fingerprint density at radius 3 is 2.26 bits per heavy atom. The first-order chi connectivity index (χ1) is 9.24. The van der Waals surface area contributed by atoms with E-state index < -0.39 is 7.12 Å². The van der Waals surface area contributed by atoms with Gasteiger partial charge in [0.05, 0.1) is 0 Å². The second kappa shape index (κ2) is 5.97. The Bertz CT molecular complexity index is 580. The van der Waals surface area contributed by atoms with Gasteiger partial charge in [0, 0.05) is 16.6 Å². The molecule has 0 aliphatic rings. The van der Waals surface area contributed by atoms with E-state index in [1.54, 1.807) is 48.5 Å². The highest BCUT2D eigenvalue weighted by molar-refractivity contribution is 6.62. The van der Waals surface area contributed by atoms with Crippen molar-refractivity contribution in [1.29, 1.82) is 0 Å². The van der Waals surface area contributed by atoms with Crippen LogP contribution in [-0.4, -0.2) is 24.7 Å². The predicted octanol–water partition coefficient (Wildman–Crippen LogP) is 1.08. The zero-order valence-electron chi connectivity index (χ0n) is 10.0. The minimum atomic E-state index is -1.23. The number of rotatable bonds is 5. The molecule has 0 amide bonds. The van der Waals surface area contributed by atoms with Crippen LogP contribution in [0.3, 0.4) is 0 Å². The Morgan fingerprint density at radius 1 is 0.947 bits per heavy atom. The Hall–Kier alpha value is -2.40. The lowest BCUT2D eigenvalue weighted by Gasteiger charge is -2.11. The van der Waals surface area contributed by atoms with Crippen LogP contribution < -0.4 is 10.1 Å². The molecule has 19 heavy (non-hydrogen) atoms. The molecule has 0 aromatic heterocycles. The second-order valence-corrected chi connectivity index (χ2v) is 3.90. The number of hydrogen-bond donors (Lipinski definition) is 1. The molecule has 0 unspecified atom stereocenters. The Kier molecular flexibility index (Phi) is 4.10. The van der Waals surface area contributed by atoms with Gasteiger partial charge >= 0.3 is 7.12 Å². The fourth-order valence-electron chi connectivity index (χ4n) is 1.66. The highest BCUT2D eigenvalue weighted by atomic mass is 16.5.